The van der Waals surface area contributed by atoms with Crippen molar-refractivity contribution in [3.05, 3.63) is 59.9 Å². The largest absolute Gasteiger partial charge is 0.490 e. The van der Waals surface area contributed by atoms with Crippen LogP contribution in [0.2, 0.25) is 0 Å². The standard InChI is InChI=1S/C21H23FN2O4S/c22-19-8-4-3-7-18(19)20-21(25)23-13-14-24(20)29(26,27)17-11-9-16(10-12-17)28-15-5-1-2-6-15/h3-4,7-12,15,20H,1-2,5-6,13-14H2,(H,23,25). The number of benzene rings is 2. The maximum Gasteiger partial charge on any atom is 0.244 e. The second-order valence-corrected chi connectivity index (χ2v) is 9.22. The minimum Gasteiger partial charge on any atom is -0.490 e. The Kier molecular flexibility index (Phi) is 5.56. The Morgan fingerprint density at radius 2 is 1.72 bits per heavy atom. The van der Waals surface area contributed by atoms with Crippen molar-refractivity contribution in [2.75, 3.05) is 13.1 Å². The third kappa shape index (κ3) is 4.00. The SMILES string of the molecule is O=C1NCCN(S(=O)(=O)c2ccc(OC3CCCC3)cc2)C1c1ccccc1F. The van der Waals surface area contributed by atoms with Gasteiger partial charge in [0.2, 0.25) is 15.9 Å². The van der Waals surface area contributed by atoms with Crippen LogP contribution in [-0.2, 0) is 14.8 Å². The number of hydrogen-bond donors (Lipinski definition) is 1. The first-order valence-electron chi connectivity index (χ1n) is 9.77. The van der Waals surface area contributed by atoms with E-state index in [9.17, 15) is 17.6 Å². The Morgan fingerprint density at radius 3 is 2.41 bits per heavy atom. The molecule has 1 saturated carbocycles. The first-order chi connectivity index (χ1) is 14.0. The highest BCUT2D eigenvalue weighted by molar-refractivity contribution is 7.89. The van der Waals surface area contributed by atoms with E-state index in [2.05, 4.69) is 5.32 Å². The molecule has 29 heavy (non-hydrogen) atoms. The summed E-state index contributed by atoms with van der Waals surface area (Å²) in [7, 11) is -4.00. The lowest BCUT2D eigenvalue weighted by Gasteiger charge is -2.34. The predicted molar refractivity (Wildman–Crippen MR) is 105 cm³/mol. The lowest BCUT2D eigenvalue weighted by atomic mass is 10.0. The normalized spacial score (nSPS) is 21.1. The number of nitrogens with one attached hydrogen (secondary N) is 1. The third-order valence-electron chi connectivity index (χ3n) is 5.40. The van der Waals surface area contributed by atoms with Crippen LogP contribution in [0.5, 0.6) is 5.75 Å². The minimum absolute atomic E-state index is 0.0365. The lowest BCUT2D eigenvalue weighted by Crippen LogP contribution is -2.52. The molecule has 2 aliphatic rings. The molecule has 6 nitrogen and oxygen atoms in total. The number of carbonyl (C=O) groups is 1. The molecular weight excluding hydrogens is 395 g/mol. The molecule has 1 heterocycles. The quantitative estimate of drug-likeness (QED) is 0.810. The van der Waals surface area contributed by atoms with Gasteiger partial charge in [0.15, 0.2) is 0 Å². The van der Waals surface area contributed by atoms with Gasteiger partial charge in [-0.2, -0.15) is 4.31 Å². The van der Waals surface area contributed by atoms with E-state index in [1.54, 1.807) is 18.2 Å². The highest BCUT2D eigenvalue weighted by Crippen LogP contribution is 2.32. The van der Waals surface area contributed by atoms with Crippen molar-refractivity contribution in [3.8, 4) is 5.75 Å². The molecule has 1 aliphatic carbocycles. The van der Waals surface area contributed by atoms with Gasteiger partial charge in [-0.05, 0) is 56.0 Å². The zero-order valence-electron chi connectivity index (χ0n) is 15.9. The van der Waals surface area contributed by atoms with Gasteiger partial charge in [0.25, 0.3) is 0 Å². The monoisotopic (exact) mass is 418 g/mol. The van der Waals surface area contributed by atoms with Gasteiger partial charge in [-0.3, -0.25) is 4.79 Å². The van der Waals surface area contributed by atoms with Gasteiger partial charge in [0.05, 0.1) is 11.0 Å². The average Bonchev–Trinajstić information content (AvgIpc) is 3.22. The highest BCUT2D eigenvalue weighted by atomic mass is 32.2. The minimum atomic E-state index is -4.00. The van der Waals surface area contributed by atoms with Crippen LogP contribution in [-0.4, -0.2) is 37.8 Å². The summed E-state index contributed by atoms with van der Waals surface area (Å²) < 4.78 is 47.8. The molecule has 154 valence electrons. The number of sulfonamides is 1. The van der Waals surface area contributed by atoms with Crippen LogP contribution >= 0.6 is 0 Å². The topological polar surface area (TPSA) is 75.7 Å². The van der Waals surface area contributed by atoms with Crippen LogP contribution in [0.3, 0.4) is 0 Å². The molecule has 2 aromatic rings. The molecule has 1 unspecified atom stereocenters. The average molecular weight is 418 g/mol. The lowest BCUT2D eigenvalue weighted by molar-refractivity contribution is -0.127. The number of hydrogen-bond acceptors (Lipinski definition) is 4. The summed E-state index contributed by atoms with van der Waals surface area (Å²) in [4.78, 5) is 12.5. The van der Waals surface area contributed by atoms with Crippen molar-refractivity contribution < 1.29 is 22.3 Å². The van der Waals surface area contributed by atoms with Gasteiger partial charge < -0.3 is 10.1 Å². The number of carbonyl (C=O) groups excluding carboxylic acids is 1. The molecule has 1 saturated heterocycles. The smallest absolute Gasteiger partial charge is 0.244 e. The number of nitrogens with zero attached hydrogens (tertiary/aromatic N) is 1. The number of rotatable bonds is 5. The van der Waals surface area contributed by atoms with Crippen molar-refractivity contribution >= 4 is 15.9 Å². The summed E-state index contributed by atoms with van der Waals surface area (Å²) in [5, 5.41) is 2.63. The second-order valence-electron chi connectivity index (χ2n) is 7.33. The molecular formula is C21H23FN2O4S. The number of ether oxygens (including phenoxy) is 1. The predicted octanol–water partition coefficient (Wildman–Crippen LogP) is 3.01. The van der Waals surface area contributed by atoms with Gasteiger partial charge in [-0.1, -0.05) is 18.2 Å². The van der Waals surface area contributed by atoms with Crippen molar-refractivity contribution in [3.63, 3.8) is 0 Å². The molecule has 1 atom stereocenters. The Labute approximate surface area is 169 Å². The van der Waals surface area contributed by atoms with E-state index >= 15 is 0 Å². The molecule has 2 fully saturated rings. The van der Waals surface area contributed by atoms with E-state index in [1.165, 1.54) is 30.3 Å². The highest BCUT2D eigenvalue weighted by Gasteiger charge is 2.40. The number of halogens is 1. The third-order valence-corrected chi connectivity index (χ3v) is 7.28. The molecule has 1 amide bonds. The van der Waals surface area contributed by atoms with Gasteiger partial charge in [-0.15, -0.1) is 0 Å². The van der Waals surface area contributed by atoms with Crippen LogP contribution in [0.15, 0.2) is 53.4 Å². The summed E-state index contributed by atoms with van der Waals surface area (Å²) in [5.74, 6) is -0.529. The number of piperazine rings is 1. The fraction of sp³-hybridized carbons (Fsp3) is 0.381. The van der Waals surface area contributed by atoms with Crippen molar-refractivity contribution in [2.45, 2.75) is 42.7 Å². The Morgan fingerprint density at radius 1 is 1.03 bits per heavy atom. The molecule has 0 aromatic heterocycles. The van der Waals surface area contributed by atoms with E-state index in [4.69, 9.17) is 4.74 Å². The van der Waals surface area contributed by atoms with Crippen LogP contribution in [0.25, 0.3) is 0 Å². The van der Waals surface area contributed by atoms with Gasteiger partial charge in [0, 0.05) is 18.7 Å². The van der Waals surface area contributed by atoms with E-state index in [0.29, 0.717) is 5.75 Å². The van der Waals surface area contributed by atoms with Gasteiger partial charge in [-0.25, -0.2) is 12.8 Å². The van der Waals surface area contributed by atoms with E-state index in [1.807, 2.05) is 0 Å². The van der Waals surface area contributed by atoms with E-state index in [0.717, 1.165) is 30.0 Å². The summed E-state index contributed by atoms with van der Waals surface area (Å²) in [6.07, 6.45) is 4.48. The summed E-state index contributed by atoms with van der Waals surface area (Å²) in [6, 6.07) is 10.7. The first kappa shape index (κ1) is 19.8. The van der Waals surface area contributed by atoms with Crippen LogP contribution in [0.1, 0.15) is 37.3 Å². The maximum atomic E-state index is 14.3. The van der Waals surface area contributed by atoms with E-state index < -0.39 is 27.8 Å². The molecule has 1 N–H and O–H groups in total. The maximum absolute atomic E-state index is 14.3. The van der Waals surface area contributed by atoms with Crippen molar-refractivity contribution in [1.29, 1.82) is 0 Å². The van der Waals surface area contributed by atoms with E-state index in [-0.39, 0.29) is 29.7 Å². The van der Waals surface area contributed by atoms with Crippen LogP contribution < -0.4 is 10.1 Å². The molecule has 8 heteroatoms. The molecule has 0 bridgehead atoms. The zero-order valence-corrected chi connectivity index (χ0v) is 16.7. The van der Waals surface area contributed by atoms with Crippen molar-refractivity contribution in [1.82, 2.24) is 9.62 Å². The summed E-state index contributed by atoms with van der Waals surface area (Å²) in [5.41, 5.74) is 0.0365. The fourth-order valence-corrected chi connectivity index (χ4v) is 5.49. The Hall–Kier alpha value is -2.45. The first-order valence-corrected chi connectivity index (χ1v) is 11.2. The summed E-state index contributed by atoms with van der Waals surface area (Å²) >= 11 is 0. The van der Waals surface area contributed by atoms with Crippen LogP contribution in [0, 0.1) is 5.82 Å². The zero-order chi connectivity index (χ0) is 20.4. The molecule has 0 spiro atoms. The van der Waals surface area contributed by atoms with Crippen molar-refractivity contribution in [2.24, 2.45) is 0 Å². The molecule has 0 radical (unpaired) electrons. The van der Waals surface area contributed by atoms with Crippen LogP contribution in [0.4, 0.5) is 4.39 Å². The molecule has 4 rings (SSSR count). The molecule has 1 aliphatic heterocycles. The van der Waals surface area contributed by atoms with Gasteiger partial charge >= 0.3 is 0 Å². The Balaban J connectivity index is 1.62. The van der Waals surface area contributed by atoms with Gasteiger partial charge in [0.1, 0.15) is 17.6 Å². The second kappa shape index (κ2) is 8.12. The Bertz CT molecular complexity index is 988. The number of amides is 1. The summed E-state index contributed by atoms with van der Waals surface area (Å²) in [6.45, 7) is 0.235. The fourth-order valence-electron chi connectivity index (χ4n) is 3.92. The molecule has 2 aromatic carbocycles.